The molecule has 1 aliphatic rings. The average molecular weight is 213 g/mol. The second kappa shape index (κ2) is 3.74. The molecule has 0 amide bonds. The normalized spacial score (nSPS) is 15.9. The Balaban J connectivity index is 2.18. The maximum Gasteiger partial charge on any atom is 0.0950 e. The van der Waals surface area contributed by atoms with Crippen LogP contribution in [0.2, 0.25) is 0 Å². The minimum atomic E-state index is 0.985. The Hall–Kier alpha value is -1.64. The fourth-order valence-corrected chi connectivity index (χ4v) is 2.38. The van der Waals surface area contributed by atoms with Gasteiger partial charge in [-0.15, -0.1) is 0 Å². The fraction of sp³-hybridized carbons (Fsp3) is 0.385. The van der Waals surface area contributed by atoms with Gasteiger partial charge in [0.1, 0.15) is 0 Å². The highest BCUT2D eigenvalue weighted by Gasteiger charge is 2.14. The van der Waals surface area contributed by atoms with E-state index in [1.807, 2.05) is 13.0 Å². The number of hydrogen-bond donors (Lipinski definition) is 0. The molecular formula is C13H15N3. The van der Waals surface area contributed by atoms with E-state index in [1.165, 1.54) is 37.0 Å². The maximum absolute atomic E-state index is 4.24. The van der Waals surface area contributed by atoms with Crippen molar-refractivity contribution in [2.75, 3.05) is 18.0 Å². The van der Waals surface area contributed by atoms with Gasteiger partial charge in [0, 0.05) is 24.2 Å². The van der Waals surface area contributed by atoms with Gasteiger partial charge in [-0.2, -0.15) is 10.2 Å². The zero-order valence-electron chi connectivity index (χ0n) is 9.48. The van der Waals surface area contributed by atoms with Crippen LogP contribution in [0.15, 0.2) is 24.3 Å². The van der Waals surface area contributed by atoms with E-state index >= 15 is 0 Å². The molecule has 0 unspecified atom stereocenters. The third-order valence-electron chi connectivity index (χ3n) is 3.18. The van der Waals surface area contributed by atoms with Gasteiger partial charge in [0.2, 0.25) is 0 Å². The van der Waals surface area contributed by atoms with E-state index in [4.69, 9.17) is 0 Å². The Labute approximate surface area is 95.1 Å². The Bertz CT molecular complexity index is 516. The fourth-order valence-electron chi connectivity index (χ4n) is 2.38. The summed E-state index contributed by atoms with van der Waals surface area (Å²) in [5.74, 6) is 0. The highest BCUT2D eigenvalue weighted by molar-refractivity contribution is 5.91. The van der Waals surface area contributed by atoms with E-state index in [0.29, 0.717) is 0 Å². The first-order valence-electron chi connectivity index (χ1n) is 5.82. The molecule has 1 aromatic carbocycles. The molecule has 1 aromatic heterocycles. The molecule has 0 spiro atoms. The Morgan fingerprint density at radius 3 is 2.75 bits per heavy atom. The van der Waals surface area contributed by atoms with Gasteiger partial charge in [0.25, 0.3) is 0 Å². The Morgan fingerprint density at radius 2 is 1.94 bits per heavy atom. The standard InChI is InChI=1S/C13H15N3/c1-10-9-11-12(15-14-10)5-4-6-13(11)16-7-2-3-8-16/h4-6,9H,2-3,7-8H2,1H3. The molecule has 0 atom stereocenters. The van der Waals surface area contributed by atoms with Crippen molar-refractivity contribution >= 4 is 16.6 Å². The molecule has 1 saturated heterocycles. The molecule has 2 heterocycles. The van der Waals surface area contributed by atoms with Crippen molar-refractivity contribution in [3.63, 3.8) is 0 Å². The summed E-state index contributed by atoms with van der Waals surface area (Å²) in [5, 5.41) is 9.58. The van der Waals surface area contributed by atoms with Crippen LogP contribution in [0, 0.1) is 6.92 Å². The van der Waals surface area contributed by atoms with E-state index in [-0.39, 0.29) is 0 Å². The maximum atomic E-state index is 4.24. The molecule has 0 radical (unpaired) electrons. The smallest absolute Gasteiger partial charge is 0.0950 e. The predicted octanol–water partition coefficient (Wildman–Crippen LogP) is 2.54. The SMILES string of the molecule is Cc1cc2c(N3CCCC3)cccc2nn1. The van der Waals surface area contributed by atoms with E-state index in [0.717, 1.165) is 11.2 Å². The summed E-state index contributed by atoms with van der Waals surface area (Å²) in [5.41, 5.74) is 3.29. The van der Waals surface area contributed by atoms with Crippen LogP contribution in [-0.4, -0.2) is 23.3 Å². The molecule has 3 nitrogen and oxygen atoms in total. The zero-order valence-corrected chi connectivity index (χ0v) is 9.48. The van der Waals surface area contributed by atoms with E-state index in [9.17, 15) is 0 Å². The quantitative estimate of drug-likeness (QED) is 0.729. The summed E-state index contributed by atoms with van der Waals surface area (Å²) < 4.78 is 0. The van der Waals surface area contributed by atoms with Crippen LogP contribution in [0.3, 0.4) is 0 Å². The van der Waals surface area contributed by atoms with Crippen molar-refractivity contribution in [1.82, 2.24) is 10.2 Å². The number of hydrogen-bond acceptors (Lipinski definition) is 3. The topological polar surface area (TPSA) is 29.0 Å². The summed E-state index contributed by atoms with van der Waals surface area (Å²) in [7, 11) is 0. The minimum absolute atomic E-state index is 0.985. The van der Waals surface area contributed by atoms with Gasteiger partial charge in [0.15, 0.2) is 0 Å². The lowest BCUT2D eigenvalue weighted by atomic mass is 10.1. The molecule has 0 saturated carbocycles. The second-order valence-corrected chi connectivity index (χ2v) is 4.39. The van der Waals surface area contributed by atoms with Gasteiger partial charge in [-0.05, 0) is 38.0 Å². The first kappa shape index (κ1) is 9.58. The van der Waals surface area contributed by atoms with Crippen molar-refractivity contribution in [3.8, 4) is 0 Å². The van der Waals surface area contributed by atoms with Crippen molar-refractivity contribution in [2.45, 2.75) is 19.8 Å². The Kier molecular flexibility index (Phi) is 2.24. The van der Waals surface area contributed by atoms with Crippen molar-refractivity contribution in [1.29, 1.82) is 0 Å². The monoisotopic (exact) mass is 213 g/mol. The van der Waals surface area contributed by atoms with Gasteiger partial charge in [-0.3, -0.25) is 0 Å². The average Bonchev–Trinajstić information content (AvgIpc) is 2.81. The van der Waals surface area contributed by atoms with Gasteiger partial charge in [-0.25, -0.2) is 0 Å². The number of aromatic nitrogens is 2. The number of rotatable bonds is 1. The predicted molar refractivity (Wildman–Crippen MR) is 65.7 cm³/mol. The highest BCUT2D eigenvalue weighted by atomic mass is 15.2. The third kappa shape index (κ3) is 1.52. The molecular weight excluding hydrogens is 198 g/mol. The lowest BCUT2D eigenvalue weighted by Gasteiger charge is -2.19. The van der Waals surface area contributed by atoms with E-state index < -0.39 is 0 Å². The van der Waals surface area contributed by atoms with Gasteiger partial charge < -0.3 is 4.90 Å². The van der Waals surface area contributed by atoms with Crippen LogP contribution in [0.25, 0.3) is 10.9 Å². The number of benzene rings is 1. The number of anilines is 1. The largest absolute Gasteiger partial charge is 0.371 e. The van der Waals surface area contributed by atoms with Crippen LogP contribution < -0.4 is 4.90 Å². The second-order valence-electron chi connectivity index (χ2n) is 4.39. The molecule has 16 heavy (non-hydrogen) atoms. The zero-order chi connectivity index (χ0) is 11.0. The first-order chi connectivity index (χ1) is 7.84. The van der Waals surface area contributed by atoms with E-state index in [1.54, 1.807) is 0 Å². The molecule has 3 rings (SSSR count). The summed E-state index contributed by atoms with van der Waals surface area (Å²) in [6.07, 6.45) is 2.60. The van der Waals surface area contributed by atoms with Crippen molar-refractivity contribution in [3.05, 3.63) is 30.0 Å². The summed E-state index contributed by atoms with van der Waals surface area (Å²) in [6.45, 7) is 4.33. The summed E-state index contributed by atoms with van der Waals surface area (Å²) >= 11 is 0. The molecule has 1 fully saturated rings. The Morgan fingerprint density at radius 1 is 1.12 bits per heavy atom. The van der Waals surface area contributed by atoms with Gasteiger partial charge in [-0.1, -0.05) is 6.07 Å². The molecule has 3 heteroatoms. The van der Waals surface area contributed by atoms with Gasteiger partial charge >= 0.3 is 0 Å². The lowest BCUT2D eigenvalue weighted by Crippen LogP contribution is -2.17. The third-order valence-corrected chi connectivity index (χ3v) is 3.18. The summed E-state index contributed by atoms with van der Waals surface area (Å²) in [4.78, 5) is 2.45. The first-order valence-corrected chi connectivity index (χ1v) is 5.82. The number of aryl methyl sites for hydroxylation is 1. The number of fused-ring (bicyclic) bond motifs is 1. The van der Waals surface area contributed by atoms with Gasteiger partial charge in [0.05, 0.1) is 11.2 Å². The lowest BCUT2D eigenvalue weighted by molar-refractivity contribution is 0.949. The molecule has 0 N–H and O–H groups in total. The van der Waals surface area contributed by atoms with Crippen LogP contribution in [0.4, 0.5) is 5.69 Å². The van der Waals surface area contributed by atoms with Crippen LogP contribution in [0.1, 0.15) is 18.5 Å². The molecule has 0 aliphatic carbocycles. The number of nitrogens with zero attached hydrogens (tertiary/aromatic N) is 3. The minimum Gasteiger partial charge on any atom is -0.371 e. The van der Waals surface area contributed by atoms with Crippen LogP contribution in [-0.2, 0) is 0 Å². The molecule has 0 bridgehead atoms. The molecule has 82 valence electrons. The van der Waals surface area contributed by atoms with Crippen molar-refractivity contribution in [2.24, 2.45) is 0 Å². The van der Waals surface area contributed by atoms with Crippen LogP contribution in [0.5, 0.6) is 0 Å². The molecule has 2 aromatic rings. The highest BCUT2D eigenvalue weighted by Crippen LogP contribution is 2.28. The van der Waals surface area contributed by atoms with Crippen LogP contribution >= 0.6 is 0 Å². The summed E-state index contributed by atoms with van der Waals surface area (Å²) in [6, 6.07) is 8.42. The van der Waals surface area contributed by atoms with E-state index in [2.05, 4.69) is 33.3 Å². The molecule has 1 aliphatic heterocycles. The van der Waals surface area contributed by atoms with Crippen molar-refractivity contribution < 1.29 is 0 Å².